The zero-order valence-corrected chi connectivity index (χ0v) is 11.8. The highest BCUT2D eigenvalue weighted by atomic mass is 16.6. The van der Waals surface area contributed by atoms with Crippen LogP contribution in [0.5, 0.6) is 0 Å². The van der Waals surface area contributed by atoms with E-state index in [0.717, 1.165) is 12.2 Å². The topological polar surface area (TPSA) is 58.4 Å². The second-order valence-corrected chi connectivity index (χ2v) is 5.58. The first-order valence-electron chi connectivity index (χ1n) is 6.61. The van der Waals surface area contributed by atoms with Gasteiger partial charge in [-0.05, 0) is 52.4 Å². The molecule has 0 heterocycles. The van der Waals surface area contributed by atoms with Crippen LogP contribution in [0.15, 0.2) is 18.2 Å². The third-order valence-electron chi connectivity index (χ3n) is 4.25. The lowest BCUT2D eigenvalue weighted by atomic mass is 9.75. The summed E-state index contributed by atoms with van der Waals surface area (Å²) in [5.41, 5.74) is 2.07. The minimum Gasteiger partial charge on any atom is -0.383 e. The van der Waals surface area contributed by atoms with Gasteiger partial charge in [0.05, 0.1) is 4.92 Å². The van der Waals surface area contributed by atoms with Crippen LogP contribution in [0.25, 0.3) is 0 Å². The van der Waals surface area contributed by atoms with E-state index in [1.807, 2.05) is 6.07 Å². The van der Waals surface area contributed by atoms with E-state index in [-0.39, 0.29) is 16.1 Å². The molecule has 2 rings (SSSR count). The molecule has 1 aromatic carbocycles. The number of rotatable bonds is 5. The zero-order valence-electron chi connectivity index (χ0n) is 11.8. The van der Waals surface area contributed by atoms with Crippen molar-refractivity contribution < 1.29 is 4.92 Å². The summed E-state index contributed by atoms with van der Waals surface area (Å²) >= 11 is 0. The maximum Gasteiger partial charge on any atom is 0.272 e. The van der Waals surface area contributed by atoms with Gasteiger partial charge >= 0.3 is 0 Å². The summed E-state index contributed by atoms with van der Waals surface area (Å²) in [6, 6.07) is 5.20. The van der Waals surface area contributed by atoms with E-state index >= 15 is 0 Å². The monoisotopic (exact) mass is 263 g/mol. The van der Waals surface area contributed by atoms with Crippen molar-refractivity contribution in [2.24, 2.45) is 0 Å². The standard InChI is InChI=1S/C14H21N3O2/c1-11-9-12(5-6-13(11)17(18)19)15-10-14(16(2)3)7-4-8-14/h5-6,9,15H,4,7-8,10H2,1-3H3. The predicted octanol–water partition coefficient (Wildman–Crippen LogP) is 2.80. The quantitative estimate of drug-likeness (QED) is 0.655. The Hall–Kier alpha value is -1.62. The highest BCUT2D eigenvalue weighted by Crippen LogP contribution is 2.36. The molecule has 0 bridgehead atoms. The third-order valence-corrected chi connectivity index (χ3v) is 4.25. The van der Waals surface area contributed by atoms with Crippen molar-refractivity contribution in [1.29, 1.82) is 0 Å². The number of anilines is 1. The first kappa shape index (κ1) is 13.8. The van der Waals surface area contributed by atoms with Crippen LogP contribution in [-0.4, -0.2) is 36.0 Å². The van der Waals surface area contributed by atoms with Gasteiger partial charge in [-0.2, -0.15) is 0 Å². The Morgan fingerprint density at radius 2 is 2.11 bits per heavy atom. The molecule has 0 spiro atoms. The van der Waals surface area contributed by atoms with E-state index in [0.29, 0.717) is 5.56 Å². The smallest absolute Gasteiger partial charge is 0.272 e. The van der Waals surface area contributed by atoms with Crippen molar-refractivity contribution in [3.8, 4) is 0 Å². The summed E-state index contributed by atoms with van der Waals surface area (Å²) in [7, 11) is 4.23. The fourth-order valence-electron chi connectivity index (χ4n) is 2.60. The van der Waals surface area contributed by atoms with Crippen LogP contribution in [0.1, 0.15) is 24.8 Å². The van der Waals surface area contributed by atoms with E-state index in [9.17, 15) is 10.1 Å². The van der Waals surface area contributed by atoms with E-state index in [1.54, 1.807) is 19.1 Å². The average molecular weight is 263 g/mol. The molecule has 1 fully saturated rings. The average Bonchev–Trinajstić information content (AvgIpc) is 2.26. The molecule has 0 unspecified atom stereocenters. The molecular formula is C14H21N3O2. The summed E-state index contributed by atoms with van der Waals surface area (Å²) < 4.78 is 0. The van der Waals surface area contributed by atoms with Gasteiger partial charge in [0.25, 0.3) is 5.69 Å². The summed E-state index contributed by atoms with van der Waals surface area (Å²) in [4.78, 5) is 12.7. The molecule has 5 heteroatoms. The first-order valence-corrected chi connectivity index (χ1v) is 6.61. The normalized spacial score (nSPS) is 17.1. The Labute approximate surface area is 113 Å². The maximum absolute atomic E-state index is 10.8. The molecule has 0 aromatic heterocycles. The van der Waals surface area contributed by atoms with Crippen molar-refractivity contribution in [3.05, 3.63) is 33.9 Å². The van der Waals surface area contributed by atoms with Crippen molar-refractivity contribution >= 4 is 11.4 Å². The van der Waals surface area contributed by atoms with Gasteiger partial charge in [0, 0.05) is 29.4 Å². The van der Waals surface area contributed by atoms with Crippen LogP contribution >= 0.6 is 0 Å². The van der Waals surface area contributed by atoms with Gasteiger partial charge in [-0.15, -0.1) is 0 Å². The minimum absolute atomic E-state index is 0.177. The van der Waals surface area contributed by atoms with Crippen LogP contribution in [0.3, 0.4) is 0 Å². The lowest BCUT2D eigenvalue weighted by Gasteiger charge is -2.47. The highest BCUT2D eigenvalue weighted by molar-refractivity contribution is 5.53. The van der Waals surface area contributed by atoms with E-state index < -0.39 is 0 Å². The van der Waals surface area contributed by atoms with Crippen molar-refractivity contribution in [1.82, 2.24) is 4.90 Å². The largest absolute Gasteiger partial charge is 0.383 e. The molecule has 0 amide bonds. The number of likely N-dealkylation sites (N-methyl/N-ethyl adjacent to an activating group) is 1. The number of nitro benzene ring substituents is 1. The van der Waals surface area contributed by atoms with Gasteiger partial charge in [-0.25, -0.2) is 0 Å². The zero-order chi connectivity index (χ0) is 14.0. The number of hydrogen-bond donors (Lipinski definition) is 1. The third kappa shape index (κ3) is 2.71. The second-order valence-electron chi connectivity index (χ2n) is 5.58. The molecule has 1 N–H and O–H groups in total. The number of hydrogen-bond acceptors (Lipinski definition) is 4. The van der Waals surface area contributed by atoms with Crippen LogP contribution in [-0.2, 0) is 0 Å². The van der Waals surface area contributed by atoms with Crippen molar-refractivity contribution in [2.75, 3.05) is 26.0 Å². The van der Waals surface area contributed by atoms with Crippen molar-refractivity contribution in [2.45, 2.75) is 31.7 Å². The minimum atomic E-state index is -0.341. The number of nitrogens with zero attached hydrogens (tertiary/aromatic N) is 2. The Balaban J connectivity index is 2.04. The molecule has 104 valence electrons. The van der Waals surface area contributed by atoms with Crippen LogP contribution in [0.2, 0.25) is 0 Å². The van der Waals surface area contributed by atoms with Gasteiger partial charge in [0.15, 0.2) is 0 Å². The number of aryl methyl sites for hydroxylation is 1. The molecule has 0 radical (unpaired) electrons. The fourth-order valence-corrected chi connectivity index (χ4v) is 2.60. The Morgan fingerprint density at radius 3 is 2.53 bits per heavy atom. The maximum atomic E-state index is 10.8. The van der Waals surface area contributed by atoms with Crippen LogP contribution < -0.4 is 5.32 Å². The Bertz CT molecular complexity index is 482. The molecule has 1 aliphatic rings. The molecule has 1 aliphatic carbocycles. The summed E-state index contributed by atoms with van der Waals surface area (Å²) in [6.45, 7) is 2.66. The molecule has 1 aromatic rings. The van der Waals surface area contributed by atoms with Gasteiger partial charge in [0.2, 0.25) is 0 Å². The molecule has 19 heavy (non-hydrogen) atoms. The van der Waals surface area contributed by atoms with Crippen LogP contribution in [0, 0.1) is 17.0 Å². The van der Waals surface area contributed by atoms with Gasteiger partial charge in [-0.3, -0.25) is 10.1 Å². The first-order chi connectivity index (χ1) is 8.94. The van der Waals surface area contributed by atoms with E-state index in [4.69, 9.17) is 0 Å². The summed E-state index contributed by atoms with van der Waals surface area (Å²) in [5, 5.41) is 14.2. The lowest BCUT2D eigenvalue weighted by molar-refractivity contribution is -0.385. The molecular weight excluding hydrogens is 242 g/mol. The molecule has 5 nitrogen and oxygen atoms in total. The Kier molecular flexibility index (Phi) is 3.75. The highest BCUT2D eigenvalue weighted by Gasteiger charge is 2.38. The van der Waals surface area contributed by atoms with Gasteiger partial charge in [-0.1, -0.05) is 0 Å². The number of nitrogens with one attached hydrogen (secondary N) is 1. The lowest BCUT2D eigenvalue weighted by Crippen LogP contribution is -2.54. The molecule has 1 saturated carbocycles. The molecule has 0 aliphatic heterocycles. The molecule has 0 atom stereocenters. The second kappa shape index (κ2) is 5.17. The van der Waals surface area contributed by atoms with E-state index in [1.165, 1.54) is 19.3 Å². The van der Waals surface area contributed by atoms with Crippen LogP contribution in [0.4, 0.5) is 11.4 Å². The summed E-state index contributed by atoms with van der Waals surface area (Å²) in [5.74, 6) is 0. The SMILES string of the molecule is Cc1cc(NCC2(N(C)C)CCC2)ccc1[N+](=O)[O-]. The molecule has 0 saturated heterocycles. The van der Waals surface area contributed by atoms with Gasteiger partial charge < -0.3 is 10.2 Å². The summed E-state index contributed by atoms with van der Waals surface area (Å²) in [6.07, 6.45) is 3.69. The van der Waals surface area contributed by atoms with Gasteiger partial charge in [0.1, 0.15) is 0 Å². The van der Waals surface area contributed by atoms with E-state index in [2.05, 4.69) is 24.3 Å². The van der Waals surface area contributed by atoms with Crippen molar-refractivity contribution in [3.63, 3.8) is 0 Å². The number of nitro groups is 1. The predicted molar refractivity (Wildman–Crippen MR) is 76.6 cm³/mol. The Morgan fingerprint density at radius 1 is 1.42 bits per heavy atom. The fraction of sp³-hybridized carbons (Fsp3) is 0.571. The number of benzene rings is 1.